The Hall–Kier alpha value is -2.88. The van der Waals surface area contributed by atoms with Gasteiger partial charge in [0, 0.05) is 37.8 Å². The monoisotopic (exact) mass is 531 g/mol. The van der Waals surface area contributed by atoms with Crippen LogP contribution in [0, 0.1) is 0 Å². The number of carbonyl (C=O) groups is 1. The van der Waals surface area contributed by atoms with E-state index in [9.17, 15) is 4.79 Å². The molecule has 8 heteroatoms. The minimum Gasteiger partial charge on any atom is -0.444 e. The van der Waals surface area contributed by atoms with Crippen LogP contribution in [-0.2, 0) is 17.9 Å². The van der Waals surface area contributed by atoms with Crippen LogP contribution in [0.3, 0.4) is 0 Å². The number of rotatable bonds is 6. The molecule has 3 aromatic rings. The quantitative estimate of drug-likeness (QED) is 0.286. The number of nitrogens with one attached hydrogen (secondary N) is 2. The molecule has 0 spiro atoms. The van der Waals surface area contributed by atoms with Gasteiger partial charge in [0.1, 0.15) is 6.26 Å². The van der Waals surface area contributed by atoms with Gasteiger partial charge in [-0.2, -0.15) is 0 Å². The van der Waals surface area contributed by atoms with Gasteiger partial charge < -0.3 is 20.0 Å². The van der Waals surface area contributed by atoms with Gasteiger partial charge in [-0.15, -0.1) is 24.0 Å². The molecule has 1 aliphatic heterocycles. The summed E-state index contributed by atoms with van der Waals surface area (Å²) in [7, 11) is 1.73. The van der Waals surface area contributed by atoms with E-state index >= 15 is 0 Å². The number of halogens is 1. The number of benzene rings is 2. The van der Waals surface area contributed by atoms with Crippen molar-refractivity contribution in [2.75, 3.05) is 18.5 Å². The molecule has 162 valence electrons. The minimum absolute atomic E-state index is 0. The number of amides is 1. The molecule has 0 unspecified atom stereocenters. The van der Waals surface area contributed by atoms with E-state index in [0.717, 1.165) is 35.5 Å². The topological polar surface area (TPSA) is 82.8 Å². The molecule has 1 fully saturated rings. The van der Waals surface area contributed by atoms with Gasteiger partial charge in [0.05, 0.1) is 12.2 Å². The van der Waals surface area contributed by atoms with E-state index in [1.165, 1.54) is 0 Å². The number of carbonyl (C=O) groups excluding carboxylic acids is 1. The minimum atomic E-state index is 0. The molecule has 0 bridgehead atoms. The summed E-state index contributed by atoms with van der Waals surface area (Å²) in [6.45, 7) is 1.94. The van der Waals surface area contributed by atoms with Crippen molar-refractivity contribution >= 4 is 41.5 Å². The van der Waals surface area contributed by atoms with E-state index in [1.54, 1.807) is 13.3 Å². The molecule has 0 saturated carbocycles. The molecule has 31 heavy (non-hydrogen) atoms. The third kappa shape index (κ3) is 5.84. The van der Waals surface area contributed by atoms with E-state index in [0.29, 0.717) is 31.4 Å². The van der Waals surface area contributed by atoms with Gasteiger partial charge in [-0.1, -0.05) is 30.3 Å². The molecule has 4 rings (SSSR count). The lowest BCUT2D eigenvalue weighted by molar-refractivity contribution is -0.117. The average Bonchev–Trinajstić information content (AvgIpc) is 3.44. The van der Waals surface area contributed by atoms with E-state index in [-0.39, 0.29) is 29.9 Å². The molecule has 1 aromatic heterocycles. The molecule has 1 amide bonds. The van der Waals surface area contributed by atoms with Gasteiger partial charge in [0.15, 0.2) is 5.96 Å². The van der Waals surface area contributed by atoms with Crippen molar-refractivity contribution in [3.8, 4) is 11.5 Å². The molecule has 1 aliphatic rings. The Morgan fingerprint density at radius 2 is 1.84 bits per heavy atom. The third-order valence-electron chi connectivity index (χ3n) is 5.01. The molecular weight excluding hydrogens is 505 g/mol. The number of hydrogen-bond acceptors (Lipinski definition) is 4. The van der Waals surface area contributed by atoms with Crippen LogP contribution in [0.25, 0.3) is 11.5 Å². The van der Waals surface area contributed by atoms with E-state index < -0.39 is 0 Å². The summed E-state index contributed by atoms with van der Waals surface area (Å²) in [5, 5.41) is 6.54. The van der Waals surface area contributed by atoms with E-state index in [4.69, 9.17) is 4.42 Å². The highest BCUT2D eigenvalue weighted by Gasteiger charge is 2.21. The molecule has 2 heterocycles. The number of aromatic nitrogens is 1. The Morgan fingerprint density at radius 3 is 2.52 bits per heavy atom. The smallest absolute Gasteiger partial charge is 0.227 e. The number of aliphatic imine (C=N–C) groups is 1. The van der Waals surface area contributed by atoms with Crippen molar-refractivity contribution in [3.05, 3.63) is 72.1 Å². The fourth-order valence-electron chi connectivity index (χ4n) is 3.40. The van der Waals surface area contributed by atoms with Crippen molar-refractivity contribution in [3.63, 3.8) is 0 Å². The van der Waals surface area contributed by atoms with Crippen LogP contribution in [0.5, 0.6) is 0 Å². The van der Waals surface area contributed by atoms with Crippen LogP contribution in [0.4, 0.5) is 5.69 Å². The Balaban J connectivity index is 0.00000272. The third-order valence-corrected chi connectivity index (χ3v) is 5.01. The first-order chi connectivity index (χ1) is 14.7. The van der Waals surface area contributed by atoms with Crippen LogP contribution in [-0.4, -0.2) is 30.4 Å². The zero-order valence-corrected chi connectivity index (χ0v) is 19.7. The van der Waals surface area contributed by atoms with Gasteiger partial charge >= 0.3 is 0 Å². The van der Waals surface area contributed by atoms with Gasteiger partial charge in [0.25, 0.3) is 0 Å². The average molecular weight is 531 g/mol. The van der Waals surface area contributed by atoms with Crippen LogP contribution in [0.15, 0.2) is 70.3 Å². The Kier molecular flexibility index (Phi) is 8.05. The number of nitrogens with zero attached hydrogens (tertiary/aromatic N) is 3. The number of hydrogen-bond donors (Lipinski definition) is 2. The van der Waals surface area contributed by atoms with Crippen LogP contribution in [0.1, 0.15) is 24.1 Å². The lowest BCUT2D eigenvalue weighted by atomic mass is 10.2. The van der Waals surface area contributed by atoms with Gasteiger partial charge in [-0.25, -0.2) is 4.98 Å². The summed E-state index contributed by atoms with van der Waals surface area (Å²) in [5.41, 5.74) is 3.83. The molecule has 7 nitrogen and oxygen atoms in total. The van der Waals surface area contributed by atoms with Gasteiger partial charge in [-0.3, -0.25) is 9.79 Å². The highest BCUT2D eigenvalue weighted by Crippen LogP contribution is 2.21. The Morgan fingerprint density at radius 1 is 1.10 bits per heavy atom. The largest absolute Gasteiger partial charge is 0.444 e. The fourth-order valence-corrected chi connectivity index (χ4v) is 3.40. The predicted molar refractivity (Wildman–Crippen MR) is 132 cm³/mol. The number of oxazole rings is 1. The molecule has 2 aromatic carbocycles. The van der Waals surface area contributed by atoms with E-state index in [2.05, 4.69) is 20.6 Å². The SMILES string of the molecule is CN=C(NCc1ccc(N2CCCC2=O)cc1)NCc1coc(-c2ccccc2)n1.I. The first kappa shape index (κ1) is 22.8. The second-order valence-electron chi connectivity index (χ2n) is 7.10. The second kappa shape index (κ2) is 10.9. The fraction of sp³-hybridized carbons (Fsp3) is 0.261. The van der Waals surface area contributed by atoms with Crippen molar-refractivity contribution in [2.24, 2.45) is 4.99 Å². The van der Waals surface area contributed by atoms with Crippen molar-refractivity contribution in [2.45, 2.75) is 25.9 Å². The van der Waals surface area contributed by atoms with Crippen molar-refractivity contribution in [1.82, 2.24) is 15.6 Å². The Labute approximate surface area is 199 Å². The first-order valence-corrected chi connectivity index (χ1v) is 10.1. The highest BCUT2D eigenvalue weighted by molar-refractivity contribution is 14.0. The van der Waals surface area contributed by atoms with Crippen LogP contribution < -0.4 is 15.5 Å². The van der Waals surface area contributed by atoms with Crippen molar-refractivity contribution < 1.29 is 9.21 Å². The molecule has 1 saturated heterocycles. The van der Waals surface area contributed by atoms with Gasteiger partial charge in [0.2, 0.25) is 11.8 Å². The number of guanidine groups is 1. The Bertz CT molecular complexity index is 1020. The molecule has 2 N–H and O–H groups in total. The zero-order valence-electron chi connectivity index (χ0n) is 17.4. The lowest BCUT2D eigenvalue weighted by Gasteiger charge is -2.16. The van der Waals surface area contributed by atoms with Crippen LogP contribution >= 0.6 is 24.0 Å². The zero-order chi connectivity index (χ0) is 20.8. The molecule has 0 atom stereocenters. The summed E-state index contributed by atoms with van der Waals surface area (Å²) >= 11 is 0. The van der Waals surface area contributed by atoms with E-state index in [1.807, 2.05) is 59.5 Å². The maximum atomic E-state index is 11.9. The number of anilines is 1. The molecule has 0 aliphatic carbocycles. The maximum absolute atomic E-state index is 11.9. The predicted octanol–water partition coefficient (Wildman–Crippen LogP) is 3.95. The highest BCUT2D eigenvalue weighted by atomic mass is 127. The summed E-state index contributed by atoms with van der Waals surface area (Å²) in [6.07, 6.45) is 3.23. The van der Waals surface area contributed by atoms with Gasteiger partial charge in [-0.05, 0) is 36.2 Å². The normalized spacial score (nSPS) is 13.8. The lowest BCUT2D eigenvalue weighted by Crippen LogP contribution is -2.36. The summed E-state index contributed by atoms with van der Waals surface area (Å²) in [5.74, 6) is 1.48. The standard InChI is InChI=1S/C23H25N5O2.HI/c1-24-23(26-15-19-16-30-22(27-19)18-6-3-2-4-7-18)25-14-17-9-11-20(12-10-17)28-13-5-8-21(28)29;/h2-4,6-7,9-12,16H,5,8,13-15H2,1H3,(H2,24,25,26);1H. The van der Waals surface area contributed by atoms with Crippen molar-refractivity contribution in [1.29, 1.82) is 0 Å². The second-order valence-corrected chi connectivity index (χ2v) is 7.10. The summed E-state index contributed by atoms with van der Waals surface area (Å²) in [6, 6.07) is 17.9. The van der Waals surface area contributed by atoms with Crippen LogP contribution in [0.2, 0.25) is 0 Å². The molecule has 0 radical (unpaired) electrons. The summed E-state index contributed by atoms with van der Waals surface area (Å²) in [4.78, 5) is 22.5. The maximum Gasteiger partial charge on any atom is 0.227 e. The molecular formula is C23H26IN5O2. The first-order valence-electron chi connectivity index (χ1n) is 10.1. The summed E-state index contributed by atoms with van der Waals surface area (Å²) < 4.78 is 5.57.